The Balaban J connectivity index is 0. The topological polar surface area (TPSA) is 121 Å². The van der Waals surface area contributed by atoms with Crippen LogP contribution in [0.25, 0.3) is 0 Å². The lowest BCUT2D eigenvalue weighted by Gasteiger charge is -2.13. The third kappa shape index (κ3) is 30.5. The summed E-state index contributed by atoms with van der Waals surface area (Å²) in [5.74, 6) is 0.879. The Morgan fingerprint density at radius 1 is 0.889 bits per heavy atom. The lowest BCUT2D eigenvalue weighted by molar-refractivity contribution is 0.163. The zero-order valence-corrected chi connectivity index (χ0v) is 18.2. The van der Waals surface area contributed by atoms with Crippen LogP contribution < -0.4 is 5.73 Å². The summed E-state index contributed by atoms with van der Waals surface area (Å²) in [5, 5.41) is 9.89. The minimum atomic E-state index is -4.67. The van der Waals surface area contributed by atoms with Crippen LogP contribution in [0.3, 0.4) is 0 Å². The maximum absolute atomic E-state index is 9.89. The molecule has 0 aromatic heterocycles. The molecule has 0 rings (SSSR count). The molecule has 0 aromatic carbocycles. The minimum absolute atomic E-state index is 0.132. The lowest BCUT2D eigenvalue weighted by atomic mass is 9.93. The number of unbranched alkanes of at least 4 members (excludes halogenated alkanes) is 5. The van der Waals surface area contributed by atoms with Crippen molar-refractivity contribution in [3.8, 4) is 0 Å². The van der Waals surface area contributed by atoms with Gasteiger partial charge < -0.3 is 10.8 Å². The molecule has 1 unspecified atom stereocenters. The molecule has 0 spiro atoms. The second-order valence-electron chi connectivity index (χ2n) is 7.15. The zero-order chi connectivity index (χ0) is 21.0. The molecule has 7 heteroatoms. The zero-order valence-electron chi connectivity index (χ0n) is 17.4. The first kappa shape index (κ1) is 28.7. The van der Waals surface area contributed by atoms with E-state index in [1.54, 1.807) is 0 Å². The summed E-state index contributed by atoms with van der Waals surface area (Å²) in [6.07, 6.45) is 20.0. The van der Waals surface area contributed by atoms with Crippen LogP contribution in [-0.4, -0.2) is 35.3 Å². The van der Waals surface area contributed by atoms with Crippen molar-refractivity contribution >= 4 is 10.4 Å². The number of aliphatic hydroxyl groups excluding tert-OH is 1. The Kier molecular flexibility index (Phi) is 21.6. The van der Waals surface area contributed by atoms with E-state index in [0.717, 1.165) is 31.7 Å². The summed E-state index contributed by atoms with van der Waals surface area (Å²) in [6.45, 7) is 5.36. The summed E-state index contributed by atoms with van der Waals surface area (Å²) in [4.78, 5) is 0. The highest BCUT2D eigenvalue weighted by Gasteiger charge is 2.05. The molecule has 0 aromatic rings. The van der Waals surface area contributed by atoms with E-state index in [4.69, 9.17) is 23.3 Å². The van der Waals surface area contributed by atoms with Crippen LogP contribution in [0.4, 0.5) is 0 Å². The number of rotatable bonds is 16. The second-order valence-corrected chi connectivity index (χ2v) is 8.04. The molecule has 0 fully saturated rings. The van der Waals surface area contributed by atoms with Crippen LogP contribution in [0.15, 0.2) is 12.2 Å². The van der Waals surface area contributed by atoms with Gasteiger partial charge in [0.15, 0.2) is 0 Å². The third-order valence-corrected chi connectivity index (χ3v) is 4.59. The monoisotopic (exact) mass is 409 g/mol. The van der Waals surface area contributed by atoms with Gasteiger partial charge >= 0.3 is 10.4 Å². The van der Waals surface area contributed by atoms with Gasteiger partial charge in [-0.25, -0.2) is 0 Å². The summed E-state index contributed by atoms with van der Waals surface area (Å²) in [7, 11) is -4.67. The van der Waals surface area contributed by atoms with Crippen LogP contribution in [0.1, 0.15) is 97.3 Å². The summed E-state index contributed by atoms with van der Waals surface area (Å²) in [6, 6.07) is 0. The fraction of sp³-hybridized carbons (Fsp3) is 0.900. The first-order valence-electron chi connectivity index (χ1n) is 10.5. The molecule has 0 saturated heterocycles. The first-order valence-corrected chi connectivity index (χ1v) is 11.9. The minimum Gasteiger partial charge on any atom is -0.393 e. The van der Waals surface area contributed by atoms with Crippen LogP contribution in [0, 0.1) is 5.92 Å². The van der Waals surface area contributed by atoms with Crippen molar-refractivity contribution in [1.82, 2.24) is 0 Å². The molecule has 0 bridgehead atoms. The second kappa shape index (κ2) is 20.3. The van der Waals surface area contributed by atoms with Crippen molar-refractivity contribution in [3.05, 3.63) is 12.2 Å². The van der Waals surface area contributed by atoms with E-state index in [1.807, 2.05) is 0 Å². The smallest absolute Gasteiger partial charge is 0.393 e. The molecule has 2 atom stereocenters. The van der Waals surface area contributed by atoms with E-state index >= 15 is 0 Å². The van der Waals surface area contributed by atoms with Crippen LogP contribution >= 0.6 is 0 Å². The standard InChI is InChI=1S/C20H41NO.H2O4S/c1-3-5-6-10-16-20(22)17-11-8-7-9-14-19(4-2)15-12-13-18-21;1-5(2,3)4/h8,11,19-20,22H,3-7,9-10,12-18,21H2,1-2H3;(H2,1,2,3,4)/b11-8-;/t19?,20-;/m1./s1. The average molecular weight is 410 g/mol. The number of hydrogen-bond donors (Lipinski definition) is 4. The van der Waals surface area contributed by atoms with Gasteiger partial charge in [0.25, 0.3) is 0 Å². The predicted octanol–water partition coefficient (Wildman–Crippen LogP) is 4.94. The highest BCUT2D eigenvalue weighted by molar-refractivity contribution is 7.79. The molecule has 0 aliphatic carbocycles. The van der Waals surface area contributed by atoms with Gasteiger partial charge in [-0.3, -0.25) is 9.11 Å². The van der Waals surface area contributed by atoms with Crippen molar-refractivity contribution in [2.45, 2.75) is 103 Å². The molecule has 6 nitrogen and oxygen atoms in total. The molecule has 5 N–H and O–H groups in total. The Labute approximate surface area is 167 Å². The summed E-state index contributed by atoms with van der Waals surface area (Å²) < 4.78 is 31.6. The molecule has 27 heavy (non-hydrogen) atoms. The third-order valence-electron chi connectivity index (χ3n) is 4.59. The molecule has 0 amide bonds. The quantitative estimate of drug-likeness (QED) is 0.163. The van der Waals surface area contributed by atoms with Gasteiger partial charge in [0.05, 0.1) is 6.10 Å². The molecular formula is C20H43NO5S. The lowest BCUT2D eigenvalue weighted by Crippen LogP contribution is -2.04. The van der Waals surface area contributed by atoms with Crippen molar-refractivity contribution in [3.63, 3.8) is 0 Å². The molecule has 0 heterocycles. The predicted molar refractivity (Wildman–Crippen MR) is 113 cm³/mol. The Morgan fingerprint density at radius 3 is 2.04 bits per heavy atom. The van der Waals surface area contributed by atoms with Gasteiger partial charge in [-0.2, -0.15) is 8.42 Å². The molecule has 0 aliphatic rings. The van der Waals surface area contributed by atoms with Crippen molar-refractivity contribution < 1.29 is 22.6 Å². The van der Waals surface area contributed by atoms with Crippen LogP contribution in [0.5, 0.6) is 0 Å². The van der Waals surface area contributed by atoms with Crippen LogP contribution in [-0.2, 0) is 10.4 Å². The number of nitrogens with two attached hydrogens (primary N) is 1. The van der Waals surface area contributed by atoms with Gasteiger partial charge in [0.2, 0.25) is 0 Å². The Hall–Kier alpha value is -0.470. The Bertz CT molecular complexity index is 418. The molecule has 164 valence electrons. The van der Waals surface area contributed by atoms with Crippen molar-refractivity contribution in [1.29, 1.82) is 0 Å². The summed E-state index contributed by atoms with van der Waals surface area (Å²) in [5.41, 5.74) is 5.55. The SMILES string of the molecule is CCCCCC[C@@H](O)C/C=C\CCCC(CC)CCCCN.O=S(=O)(O)O. The van der Waals surface area contributed by atoms with Gasteiger partial charge in [0.1, 0.15) is 0 Å². The highest BCUT2D eigenvalue weighted by Crippen LogP contribution is 2.19. The van der Waals surface area contributed by atoms with Gasteiger partial charge in [-0.05, 0) is 44.6 Å². The van der Waals surface area contributed by atoms with Crippen molar-refractivity contribution in [2.24, 2.45) is 11.7 Å². The van der Waals surface area contributed by atoms with Gasteiger partial charge in [-0.15, -0.1) is 0 Å². The largest absolute Gasteiger partial charge is 0.394 e. The first-order chi connectivity index (χ1) is 12.7. The fourth-order valence-electron chi connectivity index (χ4n) is 2.95. The number of aliphatic hydroxyl groups is 1. The molecule has 0 aliphatic heterocycles. The Morgan fingerprint density at radius 2 is 1.48 bits per heavy atom. The fourth-order valence-corrected chi connectivity index (χ4v) is 2.95. The number of hydrogen-bond acceptors (Lipinski definition) is 4. The van der Waals surface area contributed by atoms with Gasteiger partial charge in [-0.1, -0.05) is 77.4 Å². The average Bonchev–Trinajstić information content (AvgIpc) is 2.58. The van der Waals surface area contributed by atoms with E-state index in [9.17, 15) is 5.11 Å². The maximum atomic E-state index is 9.89. The molecular weight excluding hydrogens is 366 g/mol. The van der Waals surface area contributed by atoms with E-state index in [-0.39, 0.29) is 6.10 Å². The van der Waals surface area contributed by atoms with Crippen molar-refractivity contribution in [2.75, 3.05) is 6.54 Å². The van der Waals surface area contributed by atoms with E-state index in [2.05, 4.69) is 26.0 Å². The van der Waals surface area contributed by atoms with E-state index < -0.39 is 10.4 Å². The number of allylic oxidation sites excluding steroid dienone is 1. The molecule has 0 radical (unpaired) electrons. The summed E-state index contributed by atoms with van der Waals surface area (Å²) >= 11 is 0. The van der Waals surface area contributed by atoms with E-state index in [1.165, 1.54) is 64.2 Å². The van der Waals surface area contributed by atoms with Gasteiger partial charge in [0, 0.05) is 0 Å². The van der Waals surface area contributed by atoms with E-state index in [0.29, 0.717) is 0 Å². The highest BCUT2D eigenvalue weighted by atomic mass is 32.3. The van der Waals surface area contributed by atoms with Crippen LogP contribution in [0.2, 0.25) is 0 Å². The normalized spacial score (nSPS) is 14.0. The maximum Gasteiger partial charge on any atom is 0.394 e. The molecule has 0 saturated carbocycles.